The smallest absolute Gasteiger partial charge is 0.221 e. The number of allylic oxidation sites excluding steroid dienone is 1. The first kappa shape index (κ1) is 83.0. The monoisotopic (exact) mass is 1410 g/mol. The number of halogens is 7. The fourth-order valence-corrected chi connectivity index (χ4v) is 11.1. The number of hydrogen-bond acceptors (Lipinski definition) is 17. The first-order valence-corrected chi connectivity index (χ1v) is 31.6. The van der Waals surface area contributed by atoms with E-state index >= 15 is 0 Å². The number of ketones is 2. The van der Waals surface area contributed by atoms with Crippen LogP contribution in [0.25, 0.3) is 5.57 Å². The van der Waals surface area contributed by atoms with E-state index in [9.17, 15) is 60.2 Å². The van der Waals surface area contributed by atoms with Crippen molar-refractivity contribution in [3.63, 3.8) is 0 Å². The molecule has 0 saturated carbocycles. The Balaban J connectivity index is 0.000000394. The Labute approximate surface area is 572 Å². The predicted molar refractivity (Wildman–Crippen MR) is 382 cm³/mol. The zero-order valence-electron chi connectivity index (χ0n) is 54.4. The minimum Gasteiger partial charge on any atom is -0.399 e. The third-order valence-corrected chi connectivity index (χ3v) is 15.7. The fourth-order valence-electron chi connectivity index (χ4n) is 8.60. The third kappa shape index (κ3) is 27.3. The van der Waals surface area contributed by atoms with Crippen LogP contribution in [0.1, 0.15) is 125 Å². The van der Waals surface area contributed by atoms with E-state index in [4.69, 9.17) is 34.1 Å². The van der Waals surface area contributed by atoms with E-state index in [1.165, 1.54) is 169 Å². The zero-order valence-corrected chi connectivity index (χ0v) is 57.6. The highest BCUT2D eigenvalue weighted by molar-refractivity contribution is 8.14. The van der Waals surface area contributed by atoms with Gasteiger partial charge in [-0.1, -0.05) is 54.0 Å². The Kier molecular flexibility index (Phi) is 33.2. The Morgan fingerprint density at radius 1 is 0.562 bits per heavy atom. The van der Waals surface area contributed by atoms with Crippen molar-refractivity contribution in [2.75, 3.05) is 50.0 Å². The molecule has 3 unspecified atom stereocenters. The molecule has 29 heteroatoms. The minimum atomic E-state index is -1.46. The maximum atomic E-state index is 14.0. The number of aliphatic hydroxyl groups is 1. The maximum absolute atomic E-state index is 14.0. The summed E-state index contributed by atoms with van der Waals surface area (Å²) in [7, 11) is 0. The normalized spacial score (nSPS) is 15.8. The zero-order chi connectivity index (χ0) is 71.7. The van der Waals surface area contributed by atoms with Crippen LogP contribution in [-0.4, -0.2) is 73.1 Å². The predicted octanol–water partition coefficient (Wildman–Crippen LogP) is 13.5. The molecule has 516 valence electrons. The number of carbonyl (C=O) groups excluding carboxylic acids is 6. The Hall–Kier alpha value is -9.09. The van der Waals surface area contributed by atoms with Crippen molar-refractivity contribution in [1.29, 1.82) is 5.41 Å². The van der Waals surface area contributed by atoms with E-state index in [1.54, 1.807) is 37.3 Å². The number of nitrogen functional groups attached to an aromatic ring is 2. The third-order valence-electron chi connectivity index (χ3n) is 13.4. The van der Waals surface area contributed by atoms with Gasteiger partial charge in [-0.2, -0.15) is 0 Å². The SMILES string of the molecule is C=CC(C)(O)c1cc(NC(C)=O)ccc1F.CC(=O)Nc1ccc(F)c(/C(C)=C/CSC(=N)N)c1.CC(=O)Nc1ccc(F)c(C(C)=O)c1.CC(=O)Nc1ccc(F)c(C2(C)CCSC(N)=N2)c1.CC(=O)c1cc(N)ccc1F.CC1(c2cc(N)ccc2F)CCSC(N)=N1.Cl. The number of hydrogen-bond donors (Lipinski definition) is 11. The Bertz CT molecular complexity index is 3920. The van der Waals surface area contributed by atoms with Crippen LogP contribution >= 0.6 is 47.7 Å². The molecule has 6 aromatic rings. The summed E-state index contributed by atoms with van der Waals surface area (Å²) in [6.45, 7) is 18.5. The lowest BCUT2D eigenvalue weighted by Crippen LogP contribution is -2.29. The van der Waals surface area contributed by atoms with Crippen molar-refractivity contribution in [1.82, 2.24) is 0 Å². The van der Waals surface area contributed by atoms with Gasteiger partial charge >= 0.3 is 0 Å². The molecular weight excluding hydrogens is 1330 g/mol. The molecule has 19 nitrogen and oxygen atoms in total. The molecule has 16 N–H and O–H groups in total. The van der Waals surface area contributed by atoms with Crippen LogP contribution in [0.3, 0.4) is 0 Å². The highest BCUT2D eigenvalue weighted by atomic mass is 35.5. The molecule has 8 rings (SSSR count). The number of nitrogens with one attached hydrogen (secondary N) is 5. The molecule has 3 atom stereocenters. The first-order chi connectivity index (χ1) is 44.3. The highest BCUT2D eigenvalue weighted by Crippen LogP contribution is 2.39. The van der Waals surface area contributed by atoms with Gasteiger partial charge in [0.25, 0.3) is 0 Å². The van der Waals surface area contributed by atoms with Crippen LogP contribution in [0.4, 0.5) is 60.5 Å². The van der Waals surface area contributed by atoms with Gasteiger partial charge in [-0.25, -0.2) is 26.3 Å². The number of aliphatic imine (C=N–C) groups is 2. The van der Waals surface area contributed by atoms with E-state index in [2.05, 4.69) is 37.8 Å². The van der Waals surface area contributed by atoms with Crippen molar-refractivity contribution < 1.29 is 60.2 Å². The molecule has 0 aromatic heterocycles. The standard InChI is InChI=1S/2C13H16FN3OS.C12H14FNO2.C11H14FN3S.C10H10FNO2.C8H8FNO.ClH/c1-8(18)16-9-3-4-11(14)10(7-9)13(2)5-6-19-12(15)17-13;1-8(5-6-19-13(15)16)11-7-10(17-9(2)18)3-4-12(11)14;1-4-12(3,16)10-7-9(14-8(2)15)5-6-11(10)13;1-11(4-5-16-10(14)15-11)8-6-7(13)2-3-9(8)12;1-6(13)9-5-8(12-7(2)14)3-4-10(9)11;1-5(11)7-4-6(10)2-3-8(7)9;/h3-4,7H,5-6H2,1-2H3,(H2,15,17)(H,16,18);3-5,7H,6H2,1-2H3,(H3,15,16)(H,17,18);4-7,16H,1H2,2-3H3,(H,14,15);2-3,6H,4-5,13H2,1H3,(H2,14,15);3-5H,1-2H3,(H,12,14);2-4H,10H2,1H3;1H/b;8-5+;;;;;. The molecule has 0 spiro atoms. The van der Waals surface area contributed by atoms with Crippen molar-refractivity contribution in [2.45, 2.75) is 98.8 Å². The lowest BCUT2D eigenvalue weighted by atomic mass is 9.89. The van der Waals surface area contributed by atoms with Crippen molar-refractivity contribution in [3.05, 3.63) is 196 Å². The average molecular weight is 1410 g/mol. The van der Waals surface area contributed by atoms with Gasteiger partial charge in [0.15, 0.2) is 27.1 Å². The summed E-state index contributed by atoms with van der Waals surface area (Å²) in [6.07, 6.45) is 4.50. The fraction of sp³-hybridized carbons (Fsp3) is 0.269. The minimum absolute atomic E-state index is 0. The number of Topliss-reactive ketones (excluding diaryl/α,β-unsaturated/α-hetero) is 2. The molecule has 0 bridgehead atoms. The number of anilines is 6. The van der Waals surface area contributed by atoms with E-state index in [-0.39, 0.29) is 86.9 Å². The molecule has 96 heavy (non-hydrogen) atoms. The van der Waals surface area contributed by atoms with Gasteiger partial charge in [-0.05, 0) is 169 Å². The first-order valence-electron chi connectivity index (χ1n) is 28.7. The van der Waals surface area contributed by atoms with Crippen molar-refractivity contribution in [3.8, 4) is 0 Å². The van der Waals surface area contributed by atoms with Crippen molar-refractivity contribution >= 4 is 138 Å². The summed E-state index contributed by atoms with van der Waals surface area (Å²) in [5.41, 5.74) is 30.1. The summed E-state index contributed by atoms with van der Waals surface area (Å²) in [5, 5.41) is 28.2. The van der Waals surface area contributed by atoms with Gasteiger partial charge in [0.2, 0.25) is 23.6 Å². The number of amidine groups is 3. The van der Waals surface area contributed by atoms with Crippen LogP contribution < -0.4 is 49.9 Å². The van der Waals surface area contributed by atoms with Crippen LogP contribution in [0.5, 0.6) is 0 Å². The van der Waals surface area contributed by atoms with Crippen LogP contribution in [0, 0.1) is 40.3 Å². The average Bonchev–Trinajstić information content (AvgIpc) is 0.806. The van der Waals surface area contributed by atoms with E-state index in [1.807, 2.05) is 13.8 Å². The summed E-state index contributed by atoms with van der Waals surface area (Å²) >= 11 is 4.14. The summed E-state index contributed by atoms with van der Waals surface area (Å²) in [4.78, 5) is 74.0. The molecule has 4 amide bonds. The van der Waals surface area contributed by atoms with E-state index in [0.717, 1.165) is 29.6 Å². The number of carbonyl (C=O) groups is 6. The second-order valence-electron chi connectivity index (χ2n) is 21.7. The number of amides is 4. The molecule has 2 aliphatic heterocycles. The number of rotatable bonds is 13. The van der Waals surface area contributed by atoms with Crippen LogP contribution in [-0.2, 0) is 35.9 Å². The van der Waals surface area contributed by atoms with Gasteiger partial charge in [0, 0.05) is 101 Å². The topological polar surface area (TPSA) is 349 Å². The lowest BCUT2D eigenvalue weighted by Gasteiger charge is -2.30. The van der Waals surface area contributed by atoms with Gasteiger partial charge in [0.1, 0.15) is 40.5 Å². The molecule has 6 aromatic carbocycles. The van der Waals surface area contributed by atoms with Gasteiger partial charge in [-0.3, -0.25) is 44.2 Å². The van der Waals surface area contributed by atoms with Crippen molar-refractivity contribution in [2.24, 2.45) is 27.2 Å². The van der Waals surface area contributed by atoms with Gasteiger partial charge in [-0.15, -0.1) is 12.4 Å². The molecule has 0 saturated heterocycles. The number of thioether (sulfide) groups is 3. The summed E-state index contributed by atoms with van der Waals surface area (Å²) in [6, 6.07) is 25.3. The number of nitrogens with zero attached hydrogens (tertiary/aromatic N) is 2. The molecule has 0 fully saturated rings. The molecule has 0 radical (unpaired) electrons. The van der Waals surface area contributed by atoms with Gasteiger partial charge < -0.3 is 55.0 Å². The quantitative estimate of drug-likeness (QED) is 0.0128. The highest BCUT2D eigenvalue weighted by Gasteiger charge is 2.34. The molecular formula is C67H79ClF6N12O7S3. The summed E-state index contributed by atoms with van der Waals surface area (Å²) < 4.78 is 80.7. The summed E-state index contributed by atoms with van der Waals surface area (Å²) in [5.74, 6) is -2.03. The van der Waals surface area contributed by atoms with E-state index < -0.39 is 34.1 Å². The Morgan fingerprint density at radius 3 is 1.30 bits per heavy atom. The van der Waals surface area contributed by atoms with E-state index in [0.29, 0.717) is 73.3 Å². The van der Waals surface area contributed by atoms with Crippen LogP contribution in [0.15, 0.2) is 138 Å². The Morgan fingerprint density at radius 2 is 0.906 bits per heavy atom. The molecule has 2 heterocycles. The molecule has 0 aliphatic carbocycles. The lowest BCUT2D eigenvalue weighted by molar-refractivity contribution is -0.115. The largest absolute Gasteiger partial charge is 0.399 e. The van der Waals surface area contributed by atoms with Gasteiger partial charge in [0.05, 0.1) is 22.2 Å². The number of benzene rings is 6. The second-order valence-corrected chi connectivity index (χ2v) is 24.9. The second kappa shape index (κ2) is 38.5. The van der Waals surface area contributed by atoms with Crippen LogP contribution in [0.2, 0.25) is 0 Å². The number of nitrogens with two attached hydrogens (primary N) is 5. The molecule has 2 aliphatic rings. The maximum Gasteiger partial charge on any atom is 0.221 e.